The minimum Gasteiger partial charge on any atom is -0.478 e. The molecule has 5 nitrogen and oxygen atoms in total. The van der Waals surface area contributed by atoms with Gasteiger partial charge in [-0.15, -0.1) is 0 Å². The number of ether oxygens (including phenoxy) is 2. The van der Waals surface area contributed by atoms with Crippen LogP contribution in [0.1, 0.15) is 37.0 Å². The second kappa shape index (κ2) is 10.0. The zero-order valence-electron chi connectivity index (χ0n) is 16.0. The van der Waals surface area contributed by atoms with Crippen LogP contribution in [0.3, 0.4) is 0 Å². The van der Waals surface area contributed by atoms with Crippen LogP contribution >= 0.6 is 11.6 Å². The Balaban J connectivity index is 1.69. The number of aliphatic carboxylic acids is 1. The molecule has 2 atom stereocenters. The summed E-state index contributed by atoms with van der Waals surface area (Å²) in [5.74, 6) is -0.940. The van der Waals surface area contributed by atoms with Gasteiger partial charge in [0, 0.05) is 24.7 Å². The molecule has 2 aromatic rings. The zero-order valence-corrected chi connectivity index (χ0v) is 16.7. The molecule has 0 saturated carbocycles. The molecule has 2 aromatic carbocycles. The number of hydrogen-bond donors (Lipinski definition) is 1. The lowest BCUT2D eigenvalue weighted by Gasteiger charge is -2.36. The van der Waals surface area contributed by atoms with Crippen molar-refractivity contribution in [2.45, 2.75) is 38.2 Å². The van der Waals surface area contributed by atoms with Crippen molar-refractivity contribution >= 4 is 17.6 Å². The molecule has 3 rings (SSSR count). The summed E-state index contributed by atoms with van der Waals surface area (Å²) in [7, 11) is 0. The highest BCUT2D eigenvalue weighted by Crippen LogP contribution is 2.31. The van der Waals surface area contributed by atoms with Gasteiger partial charge in [-0.3, -0.25) is 4.90 Å². The van der Waals surface area contributed by atoms with Crippen LogP contribution in [-0.2, 0) is 14.3 Å². The molecular formula is C22H26ClNO4. The third-order valence-electron chi connectivity index (χ3n) is 4.95. The number of hydrogen-bond acceptors (Lipinski definition) is 4. The molecule has 28 heavy (non-hydrogen) atoms. The number of carbonyl (C=O) groups is 1. The maximum absolute atomic E-state index is 11.4. The third-order valence-corrected chi connectivity index (χ3v) is 5.20. The van der Waals surface area contributed by atoms with Gasteiger partial charge in [-0.2, -0.15) is 0 Å². The first kappa shape index (κ1) is 20.8. The van der Waals surface area contributed by atoms with Gasteiger partial charge in [-0.25, -0.2) is 4.79 Å². The van der Waals surface area contributed by atoms with Gasteiger partial charge < -0.3 is 14.6 Å². The van der Waals surface area contributed by atoms with Crippen LogP contribution < -0.4 is 0 Å². The first-order valence-electron chi connectivity index (χ1n) is 9.62. The smallest absolute Gasteiger partial charge is 0.348 e. The average molecular weight is 404 g/mol. The Morgan fingerprint density at radius 2 is 1.71 bits per heavy atom. The number of benzene rings is 2. The SMILES string of the molecule is CCOC(C(=O)O)N1CCC(OC(c2ccccc2)c2ccc(Cl)cc2)CC1. The molecule has 2 unspecified atom stereocenters. The van der Waals surface area contributed by atoms with Crippen molar-refractivity contribution < 1.29 is 19.4 Å². The summed E-state index contributed by atoms with van der Waals surface area (Å²) in [6, 6.07) is 17.8. The largest absolute Gasteiger partial charge is 0.478 e. The molecule has 0 aliphatic carbocycles. The molecule has 1 N–H and O–H groups in total. The Kier molecular flexibility index (Phi) is 7.45. The van der Waals surface area contributed by atoms with Crippen molar-refractivity contribution in [3.8, 4) is 0 Å². The Morgan fingerprint density at radius 3 is 2.29 bits per heavy atom. The highest BCUT2D eigenvalue weighted by atomic mass is 35.5. The van der Waals surface area contributed by atoms with Crippen LogP contribution in [0, 0.1) is 0 Å². The van der Waals surface area contributed by atoms with E-state index in [4.69, 9.17) is 21.1 Å². The van der Waals surface area contributed by atoms with Crippen LogP contribution in [0.5, 0.6) is 0 Å². The second-order valence-electron chi connectivity index (χ2n) is 6.86. The van der Waals surface area contributed by atoms with Crippen molar-refractivity contribution in [2.75, 3.05) is 19.7 Å². The Labute approximate surface area is 170 Å². The van der Waals surface area contributed by atoms with E-state index < -0.39 is 12.2 Å². The van der Waals surface area contributed by atoms with Gasteiger partial charge in [0.1, 0.15) is 6.10 Å². The number of likely N-dealkylation sites (tertiary alicyclic amines) is 1. The normalized spacial score (nSPS) is 17.9. The van der Waals surface area contributed by atoms with E-state index in [-0.39, 0.29) is 12.2 Å². The van der Waals surface area contributed by atoms with E-state index in [1.807, 2.05) is 54.3 Å². The second-order valence-corrected chi connectivity index (χ2v) is 7.30. The lowest BCUT2D eigenvalue weighted by atomic mass is 10.00. The molecular weight excluding hydrogens is 378 g/mol. The monoisotopic (exact) mass is 403 g/mol. The van der Waals surface area contributed by atoms with Crippen molar-refractivity contribution in [1.82, 2.24) is 4.90 Å². The van der Waals surface area contributed by atoms with Gasteiger partial charge in [0.25, 0.3) is 0 Å². The molecule has 1 aliphatic rings. The Morgan fingerprint density at radius 1 is 1.11 bits per heavy atom. The maximum Gasteiger partial charge on any atom is 0.348 e. The molecule has 0 bridgehead atoms. The highest BCUT2D eigenvalue weighted by molar-refractivity contribution is 6.30. The summed E-state index contributed by atoms with van der Waals surface area (Å²) in [5.41, 5.74) is 2.14. The van der Waals surface area contributed by atoms with Crippen LogP contribution in [0.25, 0.3) is 0 Å². The number of piperidine rings is 1. The topological polar surface area (TPSA) is 59.0 Å². The standard InChI is InChI=1S/C22H26ClNO4/c1-2-27-21(22(25)26)24-14-12-19(13-15-24)28-20(16-6-4-3-5-7-16)17-8-10-18(23)11-9-17/h3-11,19-21H,2,12-15H2,1H3,(H,25,26). The predicted molar refractivity (Wildman–Crippen MR) is 108 cm³/mol. The lowest BCUT2D eigenvalue weighted by Crippen LogP contribution is -2.48. The number of carboxylic acid groups (broad SMARTS) is 1. The summed E-state index contributed by atoms with van der Waals surface area (Å²) < 4.78 is 11.9. The minimum atomic E-state index is -0.940. The summed E-state index contributed by atoms with van der Waals surface area (Å²) in [4.78, 5) is 13.3. The molecule has 150 valence electrons. The fourth-order valence-corrected chi connectivity index (χ4v) is 3.67. The van der Waals surface area contributed by atoms with Crippen molar-refractivity contribution in [3.05, 3.63) is 70.7 Å². The summed E-state index contributed by atoms with van der Waals surface area (Å²) in [6.45, 7) is 3.44. The van der Waals surface area contributed by atoms with E-state index in [1.165, 1.54) is 0 Å². The predicted octanol–water partition coefficient (Wildman–Crippen LogP) is 4.36. The minimum absolute atomic E-state index is 0.0493. The fraction of sp³-hybridized carbons (Fsp3) is 0.409. The van der Waals surface area contributed by atoms with E-state index in [9.17, 15) is 9.90 Å². The first-order valence-corrected chi connectivity index (χ1v) is 10.0. The average Bonchev–Trinajstić information content (AvgIpc) is 2.72. The van der Waals surface area contributed by atoms with Crippen molar-refractivity contribution in [2.24, 2.45) is 0 Å². The number of halogens is 1. The molecule has 1 saturated heterocycles. The van der Waals surface area contributed by atoms with Crippen LogP contribution in [0.2, 0.25) is 5.02 Å². The van der Waals surface area contributed by atoms with Crippen molar-refractivity contribution in [3.63, 3.8) is 0 Å². The molecule has 1 fully saturated rings. The number of carboxylic acids is 1. The number of rotatable bonds is 8. The number of nitrogens with zero attached hydrogens (tertiary/aromatic N) is 1. The molecule has 0 radical (unpaired) electrons. The summed E-state index contributed by atoms with van der Waals surface area (Å²) in [6.07, 6.45) is 0.499. The van der Waals surface area contributed by atoms with Gasteiger partial charge in [0.15, 0.2) is 0 Å². The Hall–Kier alpha value is -1.92. The van der Waals surface area contributed by atoms with E-state index in [0.717, 1.165) is 24.0 Å². The van der Waals surface area contributed by atoms with Gasteiger partial charge in [0.05, 0.1) is 6.10 Å². The van der Waals surface area contributed by atoms with Gasteiger partial charge in [0.2, 0.25) is 6.23 Å². The zero-order chi connectivity index (χ0) is 19.9. The van der Waals surface area contributed by atoms with E-state index in [1.54, 1.807) is 0 Å². The van der Waals surface area contributed by atoms with E-state index >= 15 is 0 Å². The summed E-state index contributed by atoms with van der Waals surface area (Å²) >= 11 is 6.04. The van der Waals surface area contributed by atoms with Gasteiger partial charge in [-0.05, 0) is 43.0 Å². The maximum atomic E-state index is 11.4. The fourth-order valence-electron chi connectivity index (χ4n) is 3.54. The Bertz CT molecular complexity index is 745. The molecule has 6 heteroatoms. The molecule has 0 amide bonds. The van der Waals surface area contributed by atoms with Gasteiger partial charge in [-0.1, -0.05) is 54.1 Å². The van der Waals surface area contributed by atoms with Gasteiger partial charge >= 0.3 is 5.97 Å². The quantitative estimate of drug-likeness (QED) is 0.709. The molecule has 0 spiro atoms. The molecule has 1 heterocycles. The first-order chi connectivity index (χ1) is 13.6. The van der Waals surface area contributed by atoms with Crippen molar-refractivity contribution in [1.29, 1.82) is 0 Å². The van der Waals surface area contributed by atoms with Crippen LogP contribution in [0.15, 0.2) is 54.6 Å². The summed E-state index contributed by atoms with van der Waals surface area (Å²) in [5, 5.41) is 10.1. The highest BCUT2D eigenvalue weighted by Gasteiger charge is 2.31. The molecule has 0 aromatic heterocycles. The molecule has 1 aliphatic heterocycles. The van der Waals surface area contributed by atoms with E-state index in [2.05, 4.69) is 12.1 Å². The van der Waals surface area contributed by atoms with E-state index in [0.29, 0.717) is 24.7 Å². The van der Waals surface area contributed by atoms with Crippen LogP contribution in [-0.4, -0.2) is 48.0 Å². The lowest BCUT2D eigenvalue weighted by molar-refractivity contribution is -0.168. The third kappa shape index (κ3) is 5.32. The van der Waals surface area contributed by atoms with Crippen LogP contribution in [0.4, 0.5) is 0 Å².